The van der Waals surface area contributed by atoms with Crippen molar-refractivity contribution in [3.05, 3.63) is 79.5 Å². The summed E-state index contributed by atoms with van der Waals surface area (Å²) in [7, 11) is -3.46. The maximum Gasteiger partial charge on any atom is 0.323 e. The number of carbonyl (C=O) groups excluding carboxylic acids is 1. The molecule has 3 aromatic heterocycles. The second-order valence-electron chi connectivity index (χ2n) is 9.22. The zero-order chi connectivity index (χ0) is 28.3. The molecule has 12 nitrogen and oxygen atoms in total. The van der Waals surface area contributed by atoms with Gasteiger partial charge in [0, 0.05) is 47.3 Å². The fraction of sp³-hybridized carbons (Fsp3) is 0.148. The predicted molar refractivity (Wildman–Crippen MR) is 153 cm³/mol. The molecule has 3 heterocycles. The summed E-state index contributed by atoms with van der Waals surface area (Å²) in [5, 5.41) is 11.3. The molecule has 0 atom stereocenters. The summed E-state index contributed by atoms with van der Waals surface area (Å²) in [6, 6.07) is 15.2. The number of nitrogens with one attached hydrogen (secondary N) is 3. The Balaban J connectivity index is 1.28. The fourth-order valence-corrected chi connectivity index (χ4v) is 4.33. The number of rotatable bonds is 8. The van der Waals surface area contributed by atoms with Crippen LogP contribution in [0.25, 0.3) is 22.2 Å². The summed E-state index contributed by atoms with van der Waals surface area (Å²) in [5.41, 5.74) is 3.36. The third kappa shape index (κ3) is 6.50. The molecule has 0 unspecified atom stereocenters. The average Bonchev–Trinajstić information content (AvgIpc) is 3.33. The molecule has 0 saturated carbocycles. The monoisotopic (exact) mass is 558 g/mol. The molecule has 0 saturated heterocycles. The number of benzene rings is 2. The van der Waals surface area contributed by atoms with Crippen LogP contribution in [-0.4, -0.2) is 45.4 Å². The van der Waals surface area contributed by atoms with E-state index in [4.69, 9.17) is 9.84 Å². The Labute approximate surface area is 230 Å². The summed E-state index contributed by atoms with van der Waals surface area (Å²) in [5.74, 6) is 1.03. The van der Waals surface area contributed by atoms with Gasteiger partial charge in [0.25, 0.3) is 0 Å². The fourth-order valence-electron chi connectivity index (χ4n) is 3.84. The number of sulfonamides is 1. The van der Waals surface area contributed by atoms with Gasteiger partial charge in [0.15, 0.2) is 0 Å². The molecule has 3 N–H and O–H groups in total. The van der Waals surface area contributed by atoms with Crippen LogP contribution in [0.1, 0.15) is 19.9 Å². The Morgan fingerprint density at radius 2 is 1.77 bits per heavy atom. The smallest absolute Gasteiger partial charge is 0.323 e. The first-order chi connectivity index (χ1) is 19.1. The van der Waals surface area contributed by atoms with E-state index in [1.165, 1.54) is 18.6 Å². The topological polar surface area (TPSA) is 153 Å². The molecule has 0 bridgehead atoms. The molecule has 0 aliphatic heterocycles. The molecule has 40 heavy (non-hydrogen) atoms. The Bertz CT molecular complexity index is 1790. The van der Waals surface area contributed by atoms with Gasteiger partial charge in [-0.15, -0.1) is 0 Å². The first kappa shape index (κ1) is 26.6. The molecule has 204 valence electrons. The number of anilines is 3. The van der Waals surface area contributed by atoms with Crippen molar-refractivity contribution in [2.45, 2.75) is 19.9 Å². The molecule has 13 heteroatoms. The zero-order valence-corrected chi connectivity index (χ0v) is 22.7. The lowest BCUT2D eigenvalue weighted by Crippen LogP contribution is -2.19. The van der Waals surface area contributed by atoms with Crippen LogP contribution >= 0.6 is 0 Å². The van der Waals surface area contributed by atoms with Crippen molar-refractivity contribution in [2.75, 3.05) is 21.6 Å². The predicted octanol–water partition coefficient (Wildman–Crippen LogP) is 5.28. The van der Waals surface area contributed by atoms with Crippen LogP contribution in [0.4, 0.5) is 22.0 Å². The summed E-state index contributed by atoms with van der Waals surface area (Å²) in [6.07, 6.45) is 7.51. The largest absolute Gasteiger partial charge is 0.457 e. The Hall–Kier alpha value is -5.04. The van der Waals surface area contributed by atoms with Crippen molar-refractivity contribution in [3.63, 3.8) is 0 Å². The standard InChI is InChI=1S/C27H26N8O4S/c1-17(2)35-15-24(26(33-35)18-4-9-23-19(12-18)14-28-16-30-23)32-27(36)31-20-5-7-21(8-6-20)39-22-10-11-29-25(13-22)34-40(3,37)38/h4-17H,1-3H3,(H,29,34)(H2,31,32,36). The minimum absolute atomic E-state index is 0.0901. The zero-order valence-electron chi connectivity index (χ0n) is 21.9. The van der Waals surface area contributed by atoms with E-state index in [9.17, 15) is 13.2 Å². The van der Waals surface area contributed by atoms with Gasteiger partial charge >= 0.3 is 6.03 Å². The first-order valence-electron chi connectivity index (χ1n) is 12.2. The number of pyridine rings is 1. The highest BCUT2D eigenvalue weighted by Crippen LogP contribution is 2.30. The van der Waals surface area contributed by atoms with E-state index < -0.39 is 16.1 Å². The van der Waals surface area contributed by atoms with Crippen LogP contribution in [0.2, 0.25) is 0 Å². The van der Waals surface area contributed by atoms with Crippen molar-refractivity contribution in [3.8, 4) is 22.8 Å². The molecule has 5 rings (SSSR count). The lowest BCUT2D eigenvalue weighted by molar-refractivity contribution is 0.262. The van der Waals surface area contributed by atoms with Gasteiger partial charge in [0.05, 0.1) is 17.5 Å². The van der Waals surface area contributed by atoms with Crippen LogP contribution < -0.4 is 20.1 Å². The van der Waals surface area contributed by atoms with E-state index in [1.54, 1.807) is 47.4 Å². The van der Waals surface area contributed by atoms with Gasteiger partial charge in [-0.3, -0.25) is 9.40 Å². The highest BCUT2D eigenvalue weighted by molar-refractivity contribution is 7.92. The number of nitrogens with zero attached hydrogens (tertiary/aromatic N) is 5. The normalized spacial score (nSPS) is 11.4. The third-order valence-electron chi connectivity index (χ3n) is 5.66. The van der Waals surface area contributed by atoms with E-state index in [1.807, 2.05) is 32.0 Å². The molecular formula is C27H26N8O4S. The number of carbonyl (C=O) groups is 1. The number of aromatic nitrogens is 5. The summed E-state index contributed by atoms with van der Waals surface area (Å²) in [4.78, 5) is 25.2. The van der Waals surface area contributed by atoms with Gasteiger partial charge in [-0.25, -0.2) is 28.2 Å². The lowest BCUT2D eigenvalue weighted by atomic mass is 10.1. The Kier molecular flexibility index (Phi) is 7.29. The first-order valence-corrected chi connectivity index (χ1v) is 14.1. The van der Waals surface area contributed by atoms with Crippen LogP contribution in [0.15, 0.2) is 79.5 Å². The number of hydrogen-bond donors (Lipinski definition) is 3. The van der Waals surface area contributed by atoms with E-state index in [0.29, 0.717) is 28.6 Å². The van der Waals surface area contributed by atoms with E-state index in [0.717, 1.165) is 22.7 Å². The number of ether oxygens (including phenoxy) is 1. The van der Waals surface area contributed by atoms with E-state index in [-0.39, 0.29) is 11.9 Å². The molecule has 2 aromatic carbocycles. The lowest BCUT2D eigenvalue weighted by Gasteiger charge is -2.10. The van der Waals surface area contributed by atoms with Crippen LogP contribution in [-0.2, 0) is 10.0 Å². The minimum Gasteiger partial charge on any atom is -0.457 e. The molecule has 0 spiro atoms. The summed E-state index contributed by atoms with van der Waals surface area (Å²) >= 11 is 0. The van der Waals surface area contributed by atoms with Crippen molar-refractivity contribution in [1.29, 1.82) is 0 Å². The van der Waals surface area contributed by atoms with Crippen LogP contribution in [0, 0.1) is 0 Å². The van der Waals surface area contributed by atoms with Gasteiger partial charge in [-0.1, -0.05) is 6.07 Å². The molecular weight excluding hydrogens is 532 g/mol. The highest BCUT2D eigenvalue weighted by Gasteiger charge is 2.16. The van der Waals surface area contributed by atoms with Gasteiger partial charge in [0.1, 0.15) is 29.3 Å². The van der Waals surface area contributed by atoms with Crippen molar-refractivity contribution < 1.29 is 17.9 Å². The van der Waals surface area contributed by atoms with Crippen molar-refractivity contribution in [1.82, 2.24) is 24.7 Å². The second-order valence-corrected chi connectivity index (χ2v) is 11.0. The average molecular weight is 559 g/mol. The molecule has 0 radical (unpaired) electrons. The van der Waals surface area contributed by atoms with Crippen LogP contribution in [0.5, 0.6) is 11.5 Å². The van der Waals surface area contributed by atoms with Gasteiger partial charge in [-0.2, -0.15) is 5.10 Å². The van der Waals surface area contributed by atoms with Gasteiger partial charge < -0.3 is 15.4 Å². The molecule has 2 amide bonds. The maximum absolute atomic E-state index is 12.9. The quantitative estimate of drug-likeness (QED) is 0.233. The molecule has 5 aromatic rings. The summed E-state index contributed by atoms with van der Waals surface area (Å²) in [6.45, 7) is 4.01. The van der Waals surface area contributed by atoms with Gasteiger partial charge in [0.2, 0.25) is 10.0 Å². The van der Waals surface area contributed by atoms with Crippen molar-refractivity contribution >= 4 is 44.1 Å². The Morgan fingerprint density at radius 3 is 2.52 bits per heavy atom. The highest BCUT2D eigenvalue weighted by atomic mass is 32.2. The number of urea groups is 1. The second kappa shape index (κ2) is 11.0. The molecule has 0 fully saturated rings. The van der Waals surface area contributed by atoms with Gasteiger partial charge in [-0.05, 0) is 56.3 Å². The van der Waals surface area contributed by atoms with E-state index >= 15 is 0 Å². The van der Waals surface area contributed by atoms with E-state index in [2.05, 4.69) is 30.3 Å². The Morgan fingerprint density at radius 1 is 0.975 bits per heavy atom. The molecule has 0 aliphatic carbocycles. The SMILES string of the molecule is CC(C)n1cc(NC(=O)Nc2ccc(Oc3ccnc(NS(C)(=O)=O)c3)cc2)c(-c2ccc3ncncc3c2)n1. The number of amides is 2. The minimum atomic E-state index is -3.46. The molecule has 0 aliphatic rings. The number of hydrogen-bond acceptors (Lipinski definition) is 8. The number of fused-ring (bicyclic) bond motifs is 1. The maximum atomic E-state index is 12.9. The third-order valence-corrected chi connectivity index (χ3v) is 6.24. The summed E-state index contributed by atoms with van der Waals surface area (Å²) < 4.78 is 32.8. The van der Waals surface area contributed by atoms with Crippen molar-refractivity contribution in [2.24, 2.45) is 0 Å². The van der Waals surface area contributed by atoms with Crippen LogP contribution in [0.3, 0.4) is 0 Å².